The van der Waals surface area contributed by atoms with Crippen LogP contribution in [0.1, 0.15) is 27.9 Å². The minimum atomic E-state index is -0.914. The van der Waals surface area contributed by atoms with E-state index in [2.05, 4.69) is 0 Å². The first-order valence-corrected chi connectivity index (χ1v) is 7.56. The van der Waals surface area contributed by atoms with E-state index in [0.717, 1.165) is 29.9 Å². The lowest BCUT2D eigenvalue weighted by Crippen LogP contribution is -2.32. The number of aromatic carboxylic acids is 1. The van der Waals surface area contributed by atoms with E-state index in [-0.39, 0.29) is 6.10 Å². The average Bonchev–Trinajstić information content (AvgIpc) is 2.53. The standard InChI is InChI=1S/C19H18O4/c20-19(21)16-7-3-14(4-8-16)1-2-15-5-9-17(10-6-15)23-13-18-11-12-22-18/h1-10,18H,11-13H2,(H,20,21)/b2-1+. The van der Waals surface area contributed by atoms with E-state index < -0.39 is 5.97 Å². The second kappa shape index (κ2) is 7.11. The van der Waals surface area contributed by atoms with Gasteiger partial charge in [-0.05, 0) is 35.4 Å². The van der Waals surface area contributed by atoms with Gasteiger partial charge in [-0.15, -0.1) is 0 Å². The van der Waals surface area contributed by atoms with Crippen LogP contribution in [-0.2, 0) is 4.74 Å². The van der Waals surface area contributed by atoms with Crippen LogP contribution < -0.4 is 4.74 Å². The van der Waals surface area contributed by atoms with Crippen molar-refractivity contribution in [2.75, 3.05) is 13.2 Å². The second-order valence-electron chi connectivity index (χ2n) is 5.42. The SMILES string of the molecule is O=C(O)c1ccc(/C=C/c2ccc(OCC3CCO3)cc2)cc1. The lowest BCUT2D eigenvalue weighted by molar-refractivity contribution is -0.0720. The zero-order chi connectivity index (χ0) is 16.1. The van der Waals surface area contributed by atoms with E-state index in [1.807, 2.05) is 36.4 Å². The minimum Gasteiger partial charge on any atom is -0.491 e. The highest BCUT2D eigenvalue weighted by Crippen LogP contribution is 2.17. The van der Waals surface area contributed by atoms with Crippen molar-refractivity contribution in [3.63, 3.8) is 0 Å². The van der Waals surface area contributed by atoms with Crippen molar-refractivity contribution < 1.29 is 19.4 Å². The Kier molecular flexibility index (Phi) is 4.74. The Morgan fingerprint density at radius 2 is 1.65 bits per heavy atom. The number of hydrogen-bond donors (Lipinski definition) is 1. The van der Waals surface area contributed by atoms with Gasteiger partial charge in [-0.3, -0.25) is 0 Å². The predicted molar refractivity (Wildman–Crippen MR) is 88.6 cm³/mol. The van der Waals surface area contributed by atoms with E-state index in [0.29, 0.717) is 12.2 Å². The first-order chi connectivity index (χ1) is 11.2. The topological polar surface area (TPSA) is 55.8 Å². The van der Waals surface area contributed by atoms with Crippen molar-refractivity contribution in [1.29, 1.82) is 0 Å². The Bertz CT molecular complexity index is 682. The number of ether oxygens (including phenoxy) is 2. The molecule has 4 heteroatoms. The number of carbonyl (C=O) groups is 1. The number of carboxylic acids is 1. The molecular formula is C19H18O4. The van der Waals surface area contributed by atoms with Crippen LogP contribution in [-0.4, -0.2) is 30.4 Å². The van der Waals surface area contributed by atoms with E-state index in [1.54, 1.807) is 24.3 Å². The van der Waals surface area contributed by atoms with Gasteiger partial charge < -0.3 is 14.6 Å². The fourth-order valence-corrected chi connectivity index (χ4v) is 2.21. The molecule has 0 amide bonds. The summed E-state index contributed by atoms with van der Waals surface area (Å²) in [6.07, 6.45) is 5.24. The Labute approximate surface area is 135 Å². The van der Waals surface area contributed by atoms with Gasteiger partial charge in [-0.2, -0.15) is 0 Å². The summed E-state index contributed by atoms with van der Waals surface area (Å²) in [6, 6.07) is 14.6. The largest absolute Gasteiger partial charge is 0.491 e. The van der Waals surface area contributed by atoms with Gasteiger partial charge in [0, 0.05) is 13.0 Å². The summed E-state index contributed by atoms with van der Waals surface area (Å²) in [6.45, 7) is 1.44. The summed E-state index contributed by atoms with van der Waals surface area (Å²) in [5, 5.41) is 8.87. The normalized spacial score (nSPS) is 17.0. The van der Waals surface area contributed by atoms with Gasteiger partial charge in [-0.1, -0.05) is 36.4 Å². The number of benzene rings is 2. The molecule has 1 saturated heterocycles. The van der Waals surface area contributed by atoms with Crippen LogP contribution in [0.2, 0.25) is 0 Å². The minimum absolute atomic E-state index is 0.239. The molecule has 0 radical (unpaired) electrons. The third kappa shape index (κ3) is 4.20. The molecule has 1 fully saturated rings. The highest BCUT2D eigenvalue weighted by molar-refractivity contribution is 5.88. The summed E-state index contributed by atoms with van der Waals surface area (Å²) in [4.78, 5) is 10.8. The molecule has 0 aliphatic carbocycles. The van der Waals surface area contributed by atoms with Crippen LogP contribution in [0.5, 0.6) is 5.75 Å². The second-order valence-corrected chi connectivity index (χ2v) is 5.42. The van der Waals surface area contributed by atoms with Gasteiger partial charge >= 0.3 is 5.97 Å². The maximum Gasteiger partial charge on any atom is 0.335 e. The van der Waals surface area contributed by atoms with Crippen molar-refractivity contribution in [3.05, 3.63) is 65.2 Å². The summed E-state index contributed by atoms with van der Waals surface area (Å²) in [7, 11) is 0. The maximum atomic E-state index is 10.8. The van der Waals surface area contributed by atoms with Crippen molar-refractivity contribution >= 4 is 18.1 Å². The number of carboxylic acid groups (broad SMARTS) is 1. The van der Waals surface area contributed by atoms with Gasteiger partial charge in [0.05, 0.1) is 11.7 Å². The molecule has 1 atom stereocenters. The molecule has 1 aliphatic heterocycles. The molecule has 1 N–H and O–H groups in total. The Hall–Kier alpha value is -2.59. The fourth-order valence-electron chi connectivity index (χ4n) is 2.21. The van der Waals surface area contributed by atoms with E-state index in [4.69, 9.17) is 14.6 Å². The van der Waals surface area contributed by atoms with Gasteiger partial charge in [0.15, 0.2) is 0 Å². The highest BCUT2D eigenvalue weighted by Gasteiger charge is 2.18. The maximum absolute atomic E-state index is 10.8. The third-order valence-corrected chi connectivity index (χ3v) is 3.74. The molecule has 4 nitrogen and oxygen atoms in total. The summed E-state index contributed by atoms with van der Waals surface area (Å²) in [5.74, 6) is -0.0770. The van der Waals surface area contributed by atoms with Crippen molar-refractivity contribution in [2.24, 2.45) is 0 Å². The third-order valence-electron chi connectivity index (χ3n) is 3.74. The Morgan fingerprint density at radius 3 is 2.13 bits per heavy atom. The molecule has 1 unspecified atom stereocenters. The van der Waals surface area contributed by atoms with Gasteiger partial charge in [-0.25, -0.2) is 4.79 Å². The average molecular weight is 310 g/mol. The molecular weight excluding hydrogens is 292 g/mol. The van der Waals surface area contributed by atoms with Crippen LogP contribution in [0.3, 0.4) is 0 Å². The molecule has 3 rings (SSSR count). The predicted octanol–water partition coefficient (Wildman–Crippen LogP) is 3.72. The Balaban J connectivity index is 1.57. The fraction of sp³-hybridized carbons (Fsp3) is 0.211. The molecule has 118 valence electrons. The highest BCUT2D eigenvalue weighted by atomic mass is 16.5. The smallest absolute Gasteiger partial charge is 0.335 e. The zero-order valence-corrected chi connectivity index (χ0v) is 12.6. The molecule has 0 saturated carbocycles. The van der Waals surface area contributed by atoms with Crippen molar-refractivity contribution in [3.8, 4) is 5.75 Å². The van der Waals surface area contributed by atoms with Crippen LogP contribution in [0.4, 0.5) is 0 Å². The van der Waals surface area contributed by atoms with Gasteiger partial charge in [0.1, 0.15) is 12.4 Å². The van der Waals surface area contributed by atoms with E-state index in [1.165, 1.54) is 0 Å². The molecule has 23 heavy (non-hydrogen) atoms. The summed E-state index contributed by atoms with van der Waals surface area (Å²) in [5.41, 5.74) is 2.30. The van der Waals surface area contributed by atoms with E-state index in [9.17, 15) is 4.79 Å². The first kappa shape index (κ1) is 15.3. The van der Waals surface area contributed by atoms with Gasteiger partial charge in [0.25, 0.3) is 0 Å². The van der Waals surface area contributed by atoms with Crippen LogP contribution >= 0.6 is 0 Å². The molecule has 0 spiro atoms. The number of hydrogen-bond acceptors (Lipinski definition) is 3. The lowest BCUT2D eigenvalue weighted by Gasteiger charge is -2.26. The first-order valence-electron chi connectivity index (χ1n) is 7.56. The van der Waals surface area contributed by atoms with Gasteiger partial charge in [0.2, 0.25) is 0 Å². The summed E-state index contributed by atoms with van der Waals surface area (Å²) >= 11 is 0. The van der Waals surface area contributed by atoms with E-state index >= 15 is 0 Å². The molecule has 0 aromatic heterocycles. The number of rotatable bonds is 6. The van der Waals surface area contributed by atoms with Crippen LogP contribution in [0.25, 0.3) is 12.2 Å². The van der Waals surface area contributed by atoms with Crippen LogP contribution in [0, 0.1) is 0 Å². The van der Waals surface area contributed by atoms with Crippen molar-refractivity contribution in [2.45, 2.75) is 12.5 Å². The molecule has 2 aromatic rings. The molecule has 1 heterocycles. The Morgan fingerprint density at radius 1 is 1.09 bits per heavy atom. The zero-order valence-electron chi connectivity index (χ0n) is 12.6. The molecule has 0 bridgehead atoms. The van der Waals surface area contributed by atoms with Crippen molar-refractivity contribution in [1.82, 2.24) is 0 Å². The lowest BCUT2D eigenvalue weighted by atomic mass is 10.1. The quantitative estimate of drug-likeness (QED) is 0.826. The molecule has 2 aromatic carbocycles. The monoisotopic (exact) mass is 310 g/mol. The van der Waals surface area contributed by atoms with Crippen LogP contribution in [0.15, 0.2) is 48.5 Å². The summed E-state index contributed by atoms with van der Waals surface area (Å²) < 4.78 is 11.0. The molecule has 1 aliphatic rings.